The highest BCUT2D eigenvalue weighted by Gasteiger charge is 2.32. The number of piperazine rings is 1. The second kappa shape index (κ2) is 11.9. The predicted molar refractivity (Wildman–Crippen MR) is 150 cm³/mol. The number of aromatic nitrogens is 4. The average molecular weight is 571 g/mol. The summed E-state index contributed by atoms with van der Waals surface area (Å²) in [6, 6.07) is 14.7. The first-order chi connectivity index (χ1) is 18.3. The van der Waals surface area contributed by atoms with Gasteiger partial charge < -0.3 is 16.0 Å². The topological polar surface area (TPSA) is 130 Å². The number of benzene rings is 2. The van der Waals surface area contributed by atoms with Crippen LogP contribution >= 0.6 is 12.4 Å². The Morgan fingerprint density at radius 2 is 1.67 bits per heavy atom. The standard InChI is InChI=1S/C26H27FN8O2S.ClH/c1-18(19-7-9-20(27)10-8-19)23-24(31-22-17-29-11-12-30-22)32-26(28)33-25(23)34-13-15-35(16-14-34)38(36,37)21-5-3-2-4-6-21;/h2-12,17-18H,13-16H2,1H3,(H3,28,30,31,32,33);1H. The summed E-state index contributed by atoms with van der Waals surface area (Å²) in [5.41, 5.74) is 7.73. The number of sulfonamides is 1. The summed E-state index contributed by atoms with van der Waals surface area (Å²) in [4.78, 5) is 19.7. The van der Waals surface area contributed by atoms with Gasteiger partial charge in [0, 0.05) is 50.1 Å². The van der Waals surface area contributed by atoms with Crippen molar-refractivity contribution in [1.29, 1.82) is 0 Å². The fourth-order valence-electron chi connectivity index (χ4n) is 4.49. The van der Waals surface area contributed by atoms with Crippen molar-refractivity contribution < 1.29 is 12.8 Å². The molecule has 0 aliphatic carbocycles. The lowest BCUT2D eigenvalue weighted by Gasteiger charge is -2.36. The number of hydrogen-bond donors (Lipinski definition) is 2. The second-order valence-corrected chi connectivity index (χ2v) is 10.8. The molecule has 204 valence electrons. The fraction of sp³-hybridized carbons (Fsp3) is 0.231. The minimum absolute atomic E-state index is 0. The van der Waals surface area contributed by atoms with Crippen LogP contribution in [0.4, 0.5) is 27.8 Å². The van der Waals surface area contributed by atoms with E-state index >= 15 is 0 Å². The average Bonchev–Trinajstić information content (AvgIpc) is 2.94. The number of rotatable bonds is 7. The Morgan fingerprint density at radius 1 is 0.974 bits per heavy atom. The Hall–Kier alpha value is -3.87. The molecular formula is C26H28ClFN8O2S. The molecule has 0 saturated carbocycles. The zero-order valence-electron chi connectivity index (χ0n) is 21.1. The molecule has 1 unspecified atom stereocenters. The molecule has 3 N–H and O–H groups in total. The van der Waals surface area contributed by atoms with Crippen LogP contribution in [-0.4, -0.2) is 58.8 Å². The summed E-state index contributed by atoms with van der Waals surface area (Å²) in [6.07, 6.45) is 4.69. The smallest absolute Gasteiger partial charge is 0.243 e. The molecule has 10 nitrogen and oxygen atoms in total. The van der Waals surface area contributed by atoms with Crippen LogP contribution in [0.2, 0.25) is 0 Å². The monoisotopic (exact) mass is 570 g/mol. The molecule has 1 saturated heterocycles. The predicted octanol–water partition coefficient (Wildman–Crippen LogP) is 3.82. The van der Waals surface area contributed by atoms with E-state index in [-0.39, 0.29) is 48.1 Å². The number of nitrogens with two attached hydrogens (primary N) is 1. The molecule has 13 heteroatoms. The van der Waals surface area contributed by atoms with E-state index in [1.165, 1.54) is 16.4 Å². The van der Waals surface area contributed by atoms with E-state index in [2.05, 4.69) is 25.3 Å². The van der Waals surface area contributed by atoms with E-state index < -0.39 is 10.0 Å². The third-order valence-electron chi connectivity index (χ3n) is 6.47. The van der Waals surface area contributed by atoms with Crippen molar-refractivity contribution in [3.05, 3.63) is 90.1 Å². The number of anilines is 4. The fourth-order valence-corrected chi connectivity index (χ4v) is 5.94. The van der Waals surface area contributed by atoms with Gasteiger partial charge in [0.1, 0.15) is 23.3 Å². The summed E-state index contributed by atoms with van der Waals surface area (Å²) >= 11 is 0. The van der Waals surface area contributed by atoms with Gasteiger partial charge in [0.15, 0.2) is 0 Å². The van der Waals surface area contributed by atoms with E-state index in [1.54, 1.807) is 61.1 Å². The van der Waals surface area contributed by atoms with Gasteiger partial charge in [0.05, 0.1) is 11.1 Å². The summed E-state index contributed by atoms with van der Waals surface area (Å²) in [6.45, 7) is 3.33. The largest absolute Gasteiger partial charge is 0.368 e. The number of nitrogens with zero attached hydrogens (tertiary/aromatic N) is 6. The van der Waals surface area contributed by atoms with E-state index in [4.69, 9.17) is 5.73 Å². The van der Waals surface area contributed by atoms with Crippen LogP contribution in [0.5, 0.6) is 0 Å². The SMILES string of the molecule is CC(c1ccc(F)cc1)c1c(Nc2cnccn2)nc(N)nc1N1CCN(S(=O)(=O)c2ccccc2)CC1.Cl. The van der Waals surface area contributed by atoms with E-state index in [0.717, 1.165) is 11.1 Å². The summed E-state index contributed by atoms with van der Waals surface area (Å²) in [5.74, 6) is 0.977. The van der Waals surface area contributed by atoms with Gasteiger partial charge in [-0.2, -0.15) is 14.3 Å². The molecule has 0 spiro atoms. The van der Waals surface area contributed by atoms with Crippen molar-refractivity contribution in [3.63, 3.8) is 0 Å². The molecule has 1 aliphatic heterocycles. The van der Waals surface area contributed by atoms with Gasteiger partial charge in [0.2, 0.25) is 16.0 Å². The molecule has 3 heterocycles. The highest BCUT2D eigenvalue weighted by atomic mass is 35.5. The van der Waals surface area contributed by atoms with Gasteiger partial charge in [-0.3, -0.25) is 4.98 Å². The molecule has 2 aromatic heterocycles. The summed E-state index contributed by atoms with van der Waals surface area (Å²) in [5, 5.41) is 3.20. The first-order valence-corrected chi connectivity index (χ1v) is 13.5. The van der Waals surface area contributed by atoms with Gasteiger partial charge in [-0.15, -0.1) is 12.4 Å². The van der Waals surface area contributed by atoms with Crippen LogP contribution < -0.4 is 16.0 Å². The highest BCUT2D eigenvalue weighted by Crippen LogP contribution is 2.38. The zero-order chi connectivity index (χ0) is 26.7. The van der Waals surface area contributed by atoms with Gasteiger partial charge in [0.25, 0.3) is 0 Å². The van der Waals surface area contributed by atoms with Gasteiger partial charge in [-0.05, 0) is 29.8 Å². The van der Waals surface area contributed by atoms with Crippen molar-refractivity contribution in [2.45, 2.75) is 17.7 Å². The molecule has 1 fully saturated rings. The lowest BCUT2D eigenvalue weighted by Crippen LogP contribution is -2.49. The third kappa shape index (κ3) is 6.08. The maximum atomic E-state index is 13.7. The van der Waals surface area contributed by atoms with Gasteiger partial charge in [-0.1, -0.05) is 37.3 Å². The van der Waals surface area contributed by atoms with Crippen molar-refractivity contribution in [2.75, 3.05) is 42.1 Å². The maximum Gasteiger partial charge on any atom is 0.243 e. The van der Waals surface area contributed by atoms with E-state index in [1.807, 2.05) is 11.8 Å². The van der Waals surface area contributed by atoms with Gasteiger partial charge in [-0.25, -0.2) is 17.8 Å². The summed E-state index contributed by atoms with van der Waals surface area (Å²) in [7, 11) is -3.61. The molecule has 1 atom stereocenters. The first-order valence-electron chi connectivity index (χ1n) is 12.1. The second-order valence-electron chi connectivity index (χ2n) is 8.86. The molecule has 0 bridgehead atoms. The van der Waals surface area contributed by atoms with Crippen molar-refractivity contribution >= 4 is 45.8 Å². The van der Waals surface area contributed by atoms with Crippen LogP contribution in [0.25, 0.3) is 0 Å². The highest BCUT2D eigenvalue weighted by molar-refractivity contribution is 7.89. The van der Waals surface area contributed by atoms with Crippen LogP contribution in [0.15, 0.2) is 78.1 Å². The Bertz CT molecular complexity index is 1500. The quantitative estimate of drug-likeness (QED) is 0.340. The Kier molecular flexibility index (Phi) is 8.58. The van der Waals surface area contributed by atoms with Crippen LogP contribution in [0.1, 0.15) is 24.0 Å². The Labute approximate surface area is 232 Å². The molecular weight excluding hydrogens is 543 g/mol. The minimum Gasteiger partial charge on any atom is -0.368 e. The maximum absolute atomic E-state index is 13.7. The molecule has 2 aromatic carbocycles. The Balaban J connectivity index is 0.00000353. The molecule has 4 aromatic rings. The van der Waals surface area contributed by atoms with Crippen LogP contribution in [0.3, 0.4) is 0 Å². The van der Waals surface area contributed by atoms with Crippen LogP contribution in [-0.2, 0) is 10.0 Å². The van der Waals surface area contributed by atoms with E-state index in [9.17, 15) is 12.8 Å². The Morgan fingerprint density at radius 3 is 2.31 bits per heavy atom. The lowest BCUT2D eigenvalue weighted by atomic mass is 9.93. The lowest BCUT2D eigenvalue weighted by molar-refractivity contribution is 0.383. The molecule has 5 rings (SSSR count). The molecule has 1 aliphatic rings. The normalized spacial score (nSPS) is 14.9. The van der Waals surface area contributed by atoms with Crippen molar-refractivity contribution in [2.24, 2.45) is 0 Å². The zero-order valence-corrected chi connectivity index (χ0v) is 22.7. The minimum atomic E-state index is -3.61. The van der Waals surface area contributed by atoms with Crippen LogP contribution in [0, 0.1) is 5.82 Å². The number of hydrogen-bond acceptors (Lipinski definition) is 9. The van der Waals surface area contributed by atoms with Gasteiger partial charge >= 0.3 is 0 Å². The number of nitrogen functional groups attached to an aromatic ring is 1. The summed E-state index contributed by atoms with van der Waals surface area (Å²) < 4.78 is 41.4. The molecule has 39 heavy (non-hydrogen) atoms. The van der Waals surface area contributed by atoms with Crippen molar-refractivity contribution in [1.82, 2.24) is 24.2 Å². The van der Waals surface area contributed by atoms with Crippen molar-refractivity contribution in [3.8, 4) is 0 Å². The first kappa shape index (κ1) is 28.1. The molecule has 0 amide bonds. The number of nitrogens with one attached hydrogen (secondary N) is 1. The molecule has 0 radical (unpaired) electrons. The third-order valence-corrected chi connectivity index (χ3v) is 8.39. The number of halogens is 2. The van der Waals surface area contributed by atoms with E-state index in [0.29, 0.717) is 30.5 Å².